The van der Waals surface area contributed by atoms with Crippen molar-refractivity contribution >= 4 is 28.8 Å². The monoisotopic (exact) mass is 426 g/mol. The molecule has 0 saturated heterocycles. The van der Waals surface area contributed by atoms with Gasteiger partial charge in [0.25, 0.3) is 11.8 Å². The van der Waals surface area contributed by atoms with Crippen LogP contribution in [0.5, 0.6) is 5.75 Å². The molecule has 0 saturated carbocycles. The molecule has 1 aliphatic rings. The van der Waals surface area contributed by atoms with E-state index in [2.05, 4.69) is 19.2 Å². The van der Waals surface area contributed by atoms with Crippen LogP contribution < -0.4 is 15.0 Å². The van der Waals surface area contributed by atoms with E-state index in [1.54, 1.807) is 24.3 Å². The molecule has 0 bridgehead atoms. The summed E-state index contributed by atoms with van der Waals surface area (Å²) >= 11 is 0. The molecule has 0 radical (unpaired) electrons. The highest BCUT2D eigenvalue weighted by molar-refractivity contribution is 6.46. The molecular weight excluding hydrogens is 400 g/mol. The van der Waals surface area contributed by atoms with Crippen LogP contribution in [0.1, 0.15) is 25.0 Å². The van der Waals surface area contributed by atoms with Gasteiger partial charge in [-0.05, 0) is 54.8 Å². The normalized spacial score (nSPS) is 13.8. The highest BCUT2D eigenvalue weighted by atomic mass is 16.5. The summed E-state index contributed by atoms with van der Waals surface area (Å²) in [5.74, 6) is 0.372. The molecule has 0 aliphatic carbocycles. The zero-order chi connectivity index (χ0) is 22.7. The molecule has 0 aromatic heterocycles. The van der Waals surface area contributed by atoms with E-state index in [0.717, 1.165) is 11.3 Å². The van der Waals surface area contributed by atoms with E-state index in [-0.39, 0.29) is 17.5 Å². The number of anilines is 2. The number of nitrogens with one attached hydrogen (secondary N) is 1. The second kappa shape index (κ2) is 9.10. The van der Waals surface area contributed by atoms with E-state index in [9.17, 15) is 9.59 Å². The van der Waals surface area contributed by atoms with E-state index >= 15 is 0 Å². The van der Waals surface area contributed by atoms with Gasteiger partial charge in [0.05, 0.1) is 17.9 Å². The summed E-state index contributed by atoms with van der Waals surface area (Å²) in [6, 6.07) is 24.0. The van der Waals surface area contributed by atoms with Crippen molar-refractivity contribution < 1.29 is 14.3 Å². The van der Waals surface area contributed by atoms with Crippen LogP contribution in [0, 0.1) is 12.8 Å². The Labute approximate surface area is 188 Å². The number of carbonyl (C=O) groups is 2. The molecule has 0 spiro atoms. The third-order valence-corrected chi connectivity index (χ3v) is 5.15. The van der Waals surface area contributed by atoms with Gasteiger partial charge in [0.1, 0.15) is 11.4 Å². The van der Waals surface area contributed by atoms with Crippen LogP contribution in [0.3, 0.4) is 0 Å². The molecule has 5 heteroatoms. The number of rotatable bonds is 7. The second-order valence-corrected chi connectivity index (χ2v) is 8.25. The molecule has 2 amide bonds. The molecule has 1 aliphatic heterocycles. The van der Waals surface area contributed by atoms with Crippen molar-refractivity contribution in [1.29, 1.82) is 0 Å². The quantitative estimate of drug-likeness (QED) is 0.512. The molecule has 162 valence electrons. The Hall–Kier alpha value is -3.86. The maximum atomic E-state index is 13.4. The van der Waals surface area contributed by atoms with Crippen molar-refractivity contribution in [1.82, 2.24) is 0 Å². The van der Waals surface area contributed by atoms with Crippen LogP contribution in [0.2, 0.25) is 0 Å². The second-order valence-electron chi connectivity index (χ2n) is 8.25. The first-order valence-electron chi connectivity index (χ1n) is 10.7. The fourth-order valence-corrected chi connectivity index (χ4v) is 3.49. The number of benzene rings is 3. The third kappa shape index (κ3) is 4.42. The minimum Gasteiger partial charge on any atom is -0.493 e. The molecule has 1 N–H and O–H groups in total. The number of carbonyl (C=O) groups excluding carboxylic acids is 2. The van der Waals surface area contributed by atoms with E-state index in [1.807, 2.05) is 61.5 Å². The van der Waals surface area contributed by atoms with Gasteiger partial charge in [-0.25, -0.2) is 4.90 Å². The van der Waals surface area contributed by atoms with Crippen molar-refractivity contribution in [2.75, 3.05) is 16.8 Å². The van der Waals surface area contributed by atoms with Crippen molar-refractivity contribution in [3.05, 3.63) is 95.7 Å². The minimum atomic E-state index is -0.384. The van der Waals surface area contributed by atoms with Crippen molar-refractivity contribution in [3.8, 4) is 5.75 Å². The minimum absolute atomic E-state index is 0.269. The average molecular weight is 427 g/mol. The standard InChI is InChI=1S/C27H26N2O3/c1-18(2)17-32-23-15-13-22(14-16-23)29-26(30)24(20-7-5-4-6-8-20)25(27(29)31)28-21-11-9-19(3)10-12-21/h4-16,18,28H,17H2,1-3H3. The maximum Gasteiger partial charge on any atom is 0.282 e. The number of ether oxygens (including phenoxy) is 1. The van der Waals surface area contributed by atoms with Crippen molar-refractivity contribution in [2.45, 2.75) is 20.8 Å². The third-order valence-electron chi connectivity index (χ3n) is 5.15. The summed E-state index contributed by atoms with van der Waals surface area (Å²) < 4.78 is 5.73. The fraction of sp³-hybridized carbons (Fsp3) is 0.185. The lowest BCUT2D eigenvalue weighted by molar-refractivity contribution is -0.120. The van der Waals surface area contributed by atoms with Gasteiger partial charge >= 0.3 is 0 Å². The summed E-state index contributed by atoms with van der Waals surface area (Å²) in [4.78, 5) is 28.1. The largest absolute Gasteiger partial charge is 0.493 e. The van der Waals surface area contributed by atoms with Crippen molar-refractivity contribution in [3.63, 3.8) is 0 Å². The zero-order valence-electron chi connectivity index (χ0n) is 18.5. The Kier molecular flexibility index (Phi) is 6.08. The Morgan fingerprint density at radius 1 is 0.844 bits per heavy atom. The van der Waals surface area contributed by atoms with Crippen LogP contribution in [0.15, 0.2) is 84.6 Å². The van der Waals surface area contributed by atoms with Crippen LogP contribution >= 0.6 is 0 Å². The highest BCUT2D eigenvalue weighted by Gasteiger charge is 2.40. The maximum absolute atomic E-state index is 13.4. The van der Waals surface area contributed by atoms with E-state index < -0.39 is 0 Å². The summed E-state index contributed by atoms with van der Waals surface area (Å²) in [6.07, 6.45) is 0. The Bertz CT molecular complexity index is 1150. The smallest absolute Gasteiger partial charge is 0.282 e. The summed E-state index contributed by atoms with van der Waals surface area (Å²) in [7, 11) is 0. The predicted molar refractivity (Wildman–Crippen MR) is 127 cm³/mol. The molecule has 4 rings (SSSR count). The number of nitrogens with zero attached hydrogens (tertiary/aromatic N) is 1. The van der Waals surface area contributed by atoms with Crippen LogP contribution in [-0.2, 0) is 9.59 Å². The molecule has 0 unspecified atom stereocenters. The first kappa shape index (κ1) is 21.4. The van der Waals surface area contributed by atoms with Gasteiger partial charge in [-0.2, -0.15) is 0 Å². The van der Waals surface area contributed by atoms with Gasteiger partial charge in [0, 0.05) is 5.69 Å². The SMILES string of the molecule is Cc1ccc(NC2=C(c3ccccc3)C(=O)N(c3ccc(OCC(C)C)cc3)C2=O)cc1. The first-order chi connectivity index (χ1) is 15.4. The number of hydrogen-bond donors (Lipinski definition) is 1. The topological polar surface area (TPSA) is 58.6 Å². The lowest BCUT2D eigenvalue weighted by Crippen LogP contribution is -2.32. The summed E-state index contributed by atoms with van der Waals surface area (Å²) in [6.45, 7) is 6.76. The Balaban J connectivity index is 1.68. The molecule has 0 atom stereocenters. The van der Waals surface area contributed by atoms with Gasteiger partial charge in [-0.3, -0.25) is 9.59 Å². The zero-order valence-corrected chi connectivity index (χ0v) is 18.5. The molecular formula is C27H26N2O3. The molecule has 5 nitrogen and oxygen atoms in total. The molecule has 3 aromatic carbocycles. The van der Waals surface area contributed by atoms with E-state index in [0.29, 0.717) is 35.1 Å². The van der Waals surface area contributed by atoms with Crippen molar-refractivity contribution in [2.24, 2.45) is 5.92 Å². The number of amides is 2. The van der Waals surface area contributed by atoms with E-state index in [4.69, 9.17) is 4.74 Å². The Morgan fingerprint density at radius 2 is 1.50 bits per heavy atom. The molecule has 0 fully saturated rings. The average Bonchev–Trinajstić information content (AvgIpc) is 3.04. The lowest BCUT2D eigenvalue weighted by Gasteiger charge is -2.16. The lowest BCUT2D eigenvalue weighted by atomic mass is 10.0. The van der Waals surface area contributed by atoms with Gasteiger partial charge in [0.2, 0.25) is 0 Å². The Morgan fingerprint density at radius 3 is 2.12 bits per heavy atom. The first-order valence-corrected chi connectivity index (χ1v) is 10.7. The highest BCUT2D eigenvalue weighted by Crippen LogP contribution is 2.34. The van der Waals surface area contributed by atoms with Crippen LogP contribution in [0.25, 0.3) is 5.57 Å². The van der Waals surface area contributed by atoms with Gasteiger partial charge < -0.3 is 10.1 Å². The molecule has 1 heterocycles. The summed E-state index contributed by atoms with van der Waals surface area (Å²) in [5.41, 5.74) is 3.69. The summed E-state index contributed by atoms with van der Waals surface area (Å²) in [5, 5.41) is 3.18. The van der Waals surface area contributed by atoms with Crippen LogP contribution in [0.4, 0.5) is 11.4 Å². The van der Waals surface area contributed by atoms with Gasteiger partial charge in [0.15, 0.2) is 0 Å². The predicted octanol–water partition coefficient (Wildman–Crippen LogP) is 5.43. The fourth-order valence-electron chi connectivity index (χ4n) is 3.49. The molecule has 3 aromatic rings. The molecule has 32 heavy (non-hydrogen) atoms. The van der Waals surface area contributed by atoms with Crippen LogP contribution in [-0.4, -0.2) is 18.4 Å². The number of hydrogen-bond acceptors (Lipinski definition) is 4. The number of imide groups is 1. The van der Waals surface area contributed by atoms with Gasteiger partial charge in [-0.15, -0.1) is 0 Å². The van der Waals surface area contributed by atoms with E-state index in [1.165, 1.54) is 4.90 Å². The van der Waals surface area contributed by atoms with Gasteiger partial charge in [-0.1, -0.05) is 61.9 Å². The number of aryl methyl sites for hydroxylation is 1.